The summed E-state index contributed by atoms with van der Waals surface area (Å²) in [5.41, 5.74) is 3.70. The van der Waals surface area contributed by atoms with Crippen molar-refractivity contribution in [2.45, 2.75) is 46.0 Å². The summed E-state index contributed by atoms with van der Waals surface area (Å²) >= 11 is 1.71. The van der Waals surface area contributed by atoms with E-state index in [-0.39, 0.29) is 18.0 Å². The molecule has 0 aromatic carbocycles. The normalized spacial score (nSPS) is 15.4. The lowest BCUT2D eigenvalue weighted by Crippen LogP contribution is -2.28. The van der Waals surface area contributed by atoms with Gasteiger partial charge in [-0.1, -0.05) is 13.8 Å². The quantitative estimate of drug-likeness (QED) is 0.693. The Balaban J connectivity index is 0.00000210. The lowest BCUT2D eigenvalue weighted by molar-refractivity contribution is 0.446. The first-order valence-corrected chi connectivity index (χ1v) is 10.1. The number of hydrogen-bond donors (Lipinski definition) is 2. The maximum Gasteiger partial charge on any atom is 0.251 e. The Kier molecular flexibility index (Phi) is 6.03. The molecule has 8 heteroatoms. The van der Waals surface area contributed by atoms with Gasteiger partial charge in [-0.2, -0.15) is 5.10 Å². The molecule has 146 valence electrons. The predicted molar refractivity (Wildman–Crippen MR) is 112 cm³/mol. The summed E-state index contributed by atoms with van der Waals surface area (Å²) in [6.45, 7) is 8.47. The van der Waals surface area contributed by atoms with Gasteiger partial charge in [0.1, 0.15) is 10.7 Å². The highest BCUT2D eigenvalue weighted by Gasteiger charge is 2.22. The molecule has 4 rings (SSSR count). The summed E-state index contributed by atoms with van der Waals surface area (Å²) in [5, 5.41) is 8.92. The Morgan fingerprint density at radius 2 is 2.07 bits per heavy atom. The molecular formula is C19H26ClN5OS. The predicted octanol–water partition coefficient (Wildman–Crippen LogP) is 3.54. The van der Waals surface area contributed by atoms with Crippen LogP contribution in [0.3, 0.4) is 0 Å². The van der Waals surface area contributed by atoms with Crippen molar-refractivity contribution in [3.05, 3.63) is 38.9 Å². The van der Waals surface area contributed by atoms with E-state index < -0.39 is 0 Å². The summed E-state index contributed by atoms with van der Waals surface area (Å²) in [5.74, 6) is 0.959. The second-order valence-corrected chi connectivity index (χ2v) is 8.61. The van der Waals surface area contributed by atoms with E-state index in [4.69, 9.17) is 4.98 Å². The number of halogens is 1. The summed E-state index contributed by atoms with van der Waals surface area (Å²) < 4.78 is 1.91. The number of nitrogens with zero attached hydrogens (tertiary/aromatic N) is 3. The summed E-state index contributed by atoms with van der Waals surface area (Å²) in [4.78, 5) is 21.4. The monoisotopic (exact) mass is 407 g/mol. The Hall–Kier alpha value is -1.70. The van der Waals surface area contributed by atoms with Gasteiger partial charge in [0.25, 0.3) is 5.56 Å². The van der Waals surface area contributed by atoms with Crippen LogP contribution in [-0.4, -0.2) is 32.7 Å². The SMILES string of the molecule is Cc1nc(-c2cnn3c(C4CCNCC4)cc(=O)[nH]c23)sc1CC(C)C.Cl. The first kappa shape index (κ1) is 20.0. The second-order valence-electron chi connectivity index (χ2n) is 7.53. The van der Waals surface area contributed by atoms with Gasteiger partial charge in [-0.3, -0.25) is 4.79 Å². The van der Waals surface area contributed by atoms with Gasteiger partial charge in [-0.15, -0.1) is 23.7 Å². The van der Waals surface area contributed by atoms with Gasteiger partial charge in [0, 0.05) is 16.9 Å². The Bertz CT molecular complexity index is 984. The molecule has 0 atom stereocenters. The molecule has 2 N–H and O–H groups in total. The van der Waals surface area contributed by atoms with Crippen molar-refractivity contribution in [2.24, 2.45) is 5.92 Å². The van der Waals surface area contributed by atoms with E-state index >= 15 is 0 Å². The van der Waals surface area contributed by atoms with Crippen LogP contribution in [0.2, 0.25) is 0 Å². The van der Waals surface area contributed by atoms with Crippen molar-refractivity contribution in [3.63, 3.8) is 0 Å². The van der Waals surface area contributed by atoms with Crippen LogP contribution in [0.15, 0.2) is 17.1 Å². The molecule has 0 aliphatic carbocycles. The van der Waals surface area contributed by atoms with Crippen molar-refractivity contribution < 1.29 is 0 Å². The maximum atomic E-state index is 12.3. The highest BCUT2D eigenvalue weighted by atomic mass is 35.5. The Morgan fingerprint density at radius 3 is 2.78 bits per heavy atom. The summed E-state index contributed by atoms with van der Waals surface area (Å²) in [6.07, 6.45) is 4.93. The number of aryl methyl sites for hydroxylation is 1. The molecule has 27 heavy (non-hydrogen) atoms. The minimum Gasteiger partial charge on any atom is -0.317 e. The van der Waals surface area contributed by atoms with Crippen LogP contribution in [0.5, 0.6) is 0 Å². The van der Waals surface area contributed by atoms with Crippen molar-refractivity contribution in [2.75, 3.05) is 13.1 Å². The minimum atomic E-state index is -0.0662. The van der Waals surface area contributed by atoms with Gasteiger partial charge in [-0.25, -0.2) is 9.50 Å². The number of H-pyrrole nitrogens is 1. The molecule has 0 amide bonds. The molecule has 1 fully saturated rings. The Labute approximate surface area is 168 Å². The molecule has 0 unspecified atom stereocenters. The Morgan fingerprint density at radius 1 is 1.33 bits per heavy atom. The lowest BCUT2D eigenvalue weighted by atomic mass is 9.94. The van der Waals surface area contributed by atoms with Crippen LogP contribution < -0.4 is 10.9 Å². The van der Waals surface area contributed by atoms with Gasteiger partial charge in [0.05, 0.1) is 23.1 Å². The van der Waals surface area contributed by atoms with Crippen molar-refractivity contribution >= 4 is 29.4 Å². The van der Waals surface area contributed by atoms with Crippen LogP contribution in [0.4, 0.5) is 0 Å². The molecule has 0 bridgehead atoms. The fourth-order valence-corrected chi connectivity index (χ4v) is 4.97. The number of thiazole rings is 1. The average molecular weight is 408 g/mol. The van der Waals surface area contributed by atoms with E-state index in [9.17, 15) is 4.79 Å². The van der Waals surface area contributed by atoms with E-state index in [1.54, 1.807) is 17.4 Å². The average Bonchev–Trinajstić information content (AvgIpc) is 3.18. The minimum absolute atomic E-state index is 0. The zero-order valence-electron chi connectivity index (χ0n) is 15.9. The molecule has 1 saturated heterocycles. The number of rotatable bonds is 4. The maximum absolute atomic E-state index is 12.3. The van der Waals surface area contributed by atoms with Crippen molar-refractivity contribution in [1.29, 1.82) is 0 Å². The van der Waals surface area contributed by atoms with Crippen LogP contribution in [0.1, 0.15) is 48.9 Å². The van der Waals surface area contributed by atoms with Gasteiger partial charge in [0.15, 0.2) is 0 Å². The third-order valence-corrected chi connectivity index (χ3v) is 6.22. The number of aromatic amines is 1. The zero-order valence-corrected chi connectivity index (χ0v) is 17.5. The molecular weight excluding hydrogens is 382 g/mol. The highest BCUT2D eigenvalue weighted by Crippen LogP contribution is 2.33. The third kappa shape index (κ3) is 3.95. The summed E-state index contributed by atoms with van der Waals surface area (Å²) in [6, 6.07) is 1.71. The van der Waals surface area contributed by atoms with Gasteiger partial charge >= 0.3 is 0 Å². The number of aromatic nitrogens is 4. The van der Waals surface area contributed by atoms with Crippen LogP contribution >= 0.6 is 23.7 Å². The van der Waals surface area contributed by atoms with E-state index in [1.807, 2.05) is 10.7 Å². The molecule has 3 aromatic heterocycles. The first-order chi connectivity index (χ1) is 12.5. The zero-order chi connectivity index (χ0) is 18.3. The van der Waals surface area contributed by atoms with Crippen molar-refractivity contribution in [1.82, 2.24) is 24.9 Å². The number of fused-ring (bicyclic) bond motifs is 1. The van der Waals surface area contributed by atoms with Crippen LogP contribution in [0.25, 0.3) is 16.2 Å². The molecule has 4 heterocycles. The number of hydrogen-bond acceptors (Lipinski definition) is 5. The topological polar surface area (TPSA) is 75.1 Å². The van der Waals surface area contributed by atoms with Crippen LogP contribution in [-0.2, 0) is 6.42 Å². The molecule has 3 aromatic rings. The molecule has 0 saturated carbocycles. The smallest absolute Gasteiger partial charge is 0.251 e. The van der Waals surface area contributed by atoms with E-state index in [1.165, 1.54) is 4.88 Å². The fraction of sp³-hybridized carbons (Fsp3) is 0.526. The standard InChI is InChI=1S/C19H25N5OS.ClH/c1-11(2)8-16-12(3)22-19(26-16)14-10-21-24-15(9-17(25)23-18(14)24)13-4-6-20-7-5-13;/h9-11,13,20H,4-8H2,1-3H3,(H,23,25);1H. The lowest BCUT2D eigenvalue weighted by Gasteiger charge is -2.23. The number of nitrogens with one attached hydrogen (secondary N) is 2. The van der Waals surface area contributed by atoms with E-state index in [0.717, 1.165) is 60.0 Å². The first-order valence-electron chi connectivity index (χ1n) is 9.31. The summed E-state index contributed by atoms with van der Waals surface area (Å²) in [7, 11) is 0. The van der Waals surface area contributed by atoms with E-state index in [0.29, 0.717) is 11.8 Å². The molecule has 0 spiro atoms. The van der Waals surface area contributed by atoms with Crippen molar-refractivity contribution in [3.8, 4) is 10.6 Å². The third-order valence-electron chi connectivity index (χ3n) is 5.01. The van der Waals surface area contributed by atoms with E-state index in [2.05, 4.69) is 36.2 Å². The molecule has 1 aliphatic rings. The fourth-order valence-electron chi connectivity index (χ4n) is 3.68. The molecule has 6 nitrogen and oxygen atoms in total. The number of piperidine rings is 1. The largest absolute Gasteiger partial charge is 0.317 e. The van der Waals surface area contributed by atoms with Gasteiger partial charge in [-0.05, 0) is 45.2 Å². The molecule has 1 aliphatic heterocycles. The second kappa shape index (κ2) is 8.12. The highest BCUT2D eigenvalue weighted by molar-refractivity contribution is 7.15. The molecule has 0 radical (unpaired) electrons. The van der Waals surface area contributed by atoms with Gasteiger partial charge in [0.2, 0.25) is 0 Å². The van der Waals surface area contributed by atoms with Gasteiger partial charge < -0.3 is 10.3 Å². The van der Waals surface area contributed by atoms with Crippen LogP contribution in [0, 0.1) is 12.8 Å².